The van der Waals surface area contributed by atoms with Gasteiger partial charge in [0.1, 0.15) is 11.4 Å². The molecule has 0 aliphatic rings. The molecular formula is C15H27N3O2. The van der Waals surface area contributed by atoms with Gasteiger partial charge in [-0.2, -0.15) is 5.10 Å². The van der Waals surface area contributed by atoms with Crippen LogP contribution in [0, 0.1) is 12.8 Å². The zero-order chi connectivity index (χ0) is 15.4. The van der Waals surface area contributed by atoms with Crippen LogP contribution < -0.4 is 4.90 Å². The average molecular weight is 281 g/mol. The van der Waals surface area contributed by atoms with E-state index in [2.05, 4.69) is 37.7 Å². The maximum atomic E-state index is 11.6. The first-order valence-electron chi connectivity index (χ1n) is 7.36. The van der Waals surface area contributed by atoms with Crippen molar-refractivity contribution >= 4 is 11.8 Å². The van der Waals surface area contributed by atoms with E-state index in [-0.39, 0.29) is 0 Å². The van der Waals surface area contributed by atoms with Crippen molar-refractivity contribution in [1.29, 1.82) is 0 Å². The van der Waals surface area contributed by atoms with Gasteiger partial charge in [0.05, 0.1) is 5.69 Å². The smallest absolute Gasteiger partial charge is 0.341 e. The van der Waals surface area contributed by atoms with Gasteiger partial charge in [0.25, 0.3) is 0 Å². The molecule has 0 saturated heterocycles. The van der Waals surface area contributed by atoms with Crippen LogP contribution in [0.2, 0.25) is 0 Å². The molecule has 0 atom stereocenters. The molecule has 5 heteroatoms. The lowest BCUT2D eigenvalue weighted by Crippen LogP contribution is -2.39. The number of aryl methyl sites for hydroxylation is 2. The summed E-state index contributed by atoms with van der Waals surface area (Å²) in [4.78, 5) is 13.8. The van der Waals surface area contributed by atoms with E-state index in [1.54, 1.807) is 11.6 Å². The van der Waals surface area contributed by atoms with Crippen molar-refractivity contribution in [3.8, 4) is 0 Å². The number of hydrogen-bond donors (Lipinski definition) is 1. The molecule has 20 heavy (non-hydrogen) atoms. The van der Waals surface area contributed by atoms with Crippen LogP contribution in [-0.2, 0) is 7.05 Å². The normalized spacial score (nSPS) is 11.4. The Morgan fingerprint density at radius 2 is 1.90 bits per heavy atom. The van der Waals surface area contributed by atoms with Gasteiger partial charge < -0.3 is 10.0 Å². The molecule has 0 aliphatic heterocycles. The van der Waals surface area contributed by atoms with Gasteiger partial charge in [0.2, 0.25) is 0 Å². The van der Waals surface area contributed by atoms with Crippen molar-refractivity contribution in [2.24, 2.45) is 13.0 Å². The number of anilines is 1. The number of aromatic carboxylic acids is 1. The van der Waals surface area contributed by atoms with Crippen LogP contribution in [0.5, 0.6) is 0 Å². The number of rotatable bonds is 7. The molecule has 1 N–H and O–H groups in total. The Morgan fingerprint density at radius 3 is 2.30 bits per heavy atom. The molecule has 1 rings (SSSR count). The van der Waals surface area contributed by atoms with Crippen LogP contribution in [0.4, 0.5) is 5.82 Å². The lowest BCUT2D eigenvalue weighted by atomic mass is 10.1. The molecule has 0 spiro atoms. The second-order valence-electron chi connectivity index (χ2n) is 5.73. The van der Waals surface area contributed by atoms with Crippen LogP contribution in [0.15, 0.2) is 0 Å². The zero-order valence-corrected chi connectivity index (χ0v) is 13.5. The summed E-state index contributed by atoms with van der Waals surface area (Å²) in [6, 6.07) is 0.338. The molecule has 114 valence electrons. The van der Waals surface area contributed by atoms with Gasteiger partial charge in [-0.05, 0) is 25.7 Å². The number of carbonyl (C=O) groups is 1. The van der Waals surface area contributed by atoms with E-state index in [0.717, 1.165) is 25.2 Å². The summed E-state index contributed by atoms with van der Waals surface area (Å²) in [7, 11) is 1.82. The van der Waals surface area contributed by atoms with Gasteiger partial charge in [-0.15, -0.1) is 0 Å². The van der Waals surface area contributed by atoms with Gasteiger partial charge in [0.15, 0.2) is 0 Å². The third kappa shape index (κ3) is 3.32. The molecule has 0 fully saturated rings. The standard InChI is InChI=1S/C15H27N3O2/c1-7-12(8-2)18(9-10(3)4)14-13(15(19)20)11(5)16-17(14)6/h10,12H,7-9H2,1-6H3,(H,19,20). The van der Waals surface area contributed by atoms with Crippen LogP contribution in [0.1, 0.15) is 56.6 Å². The molecule has 0 aliphatic carbocycles. The molecule has 1 aromatic heterocycles. The molecule has 0 saturated carbocycles. The molecule has 1 aromatic rings. The topological polar surface area (TPSA) is 58.4 Å². The number of nitrogens with zero attached hydrogens (tertiary/aromatic N) is 3. The largest absolute Gasteiger partial charge is 0.477 e. The first kappa shape index (κ1) is 16.5. The maximum Gasteiger partial charge on any atom is 0.341 e. The predicted molar refractivity (Wildman–Crippen MR) is 81.5 cm³/mol. The second-order valence-corrected chi connectivity index (χ2v) is 5.73. The van der Waals surface area contributed by atoms with E-state index >= 15 is 0 Å². The summed E-state index contributed by atoms with van der Waals surface area (Å²) in [5, 5.41) is 13.8. The summed E-state index contributed by atoms with van der Waals surface area (Å²) in [6.07, 6.45) is 1.99. The van der Waals surface area contributed by atoms with Gasteiger partial charge in [-0.3, -0.25) is 4.68 Å². The minimum atomic E-state index is -0.898. The third-order valence-corrected chi connectivity index (χ3v) is 3.62. The van der Waals surface area contributed by atoms with Crippen molar-refractivity contribution in [2.75, 3.05) is 11.4 Å². The van der Waals surface area contributed by atoms with Crippen LogP contribution >= 0.6 is 0 Å². The van der Waals surface area contributed by atoms with E-state index in [4.69, 9.17) is 0 Å². The molecule has 0 bridgehead atoms. The fourth-order valence-corrected chi connectivity index (χ4v) is 2.76. The highest BCUT2D eigenvalue weighted by Crippen LogP contribution is 2.28. The Bertz CT molecular complexity index is 462. The molecule has 5 nitrogen and oxygen atoms in total. The summed E-state index contributed by atoms with van der Waals surface area (Å²) in [5.74, 6) is 0.301. The van der Waals surface area contributed by atoms with Crippen LogP contribution in [0.25, 0.3) is 0 Å². The summed E-state index contributed by atoms with van der Waals surface area (Å²) < 4.78 is 1.71. The fourth-order valence-electron chi connectivity index (χ4n) is 2.76. The van der Waals surface area contributed by atoms with E-state index in [1.807, 2.05) is 7.05 Å². The first-order chi connectivity index (χ1) is 9.33. The van der Waals surface area contributed by atoms with Gasteiger partial charge in [-0.1, -0.05) is 27.7 Å². The number of carboxylic acids is 1. The Hall–Kier alpha value is -1.52. The van der Waals surface area contributed by atoms with Crippen molar-refractivity contribution in [1.82, 2.24) is 9.78 Å². The quantitative estimate of drug-likeness (QED) is 0.834. The Morgan fingerprint density at radius 1 is 1.35 bits per heavy atom. The van der Waals surface area contributed by atoms with Gasteiger partial charge in [0, 0.05) is 19.6 Å². The molecule has 0 unspecified atom stereocenters. The van der Waals surface area contributed by atoms with Gasteiger partial charge in [-0.25, -0.2) is 4.79 Å². The Kier molecular flexibility index (Phi) is 5.60. The zero-order valence-electron chi connectivity index (χ0n) is 13.5. The predicted octanol–water partition coefficient (Wildman–Crippen LogP) is 3.08. The monoisotopic (exact) mass is 281 g/mol. The number of aromatic nitrogens is 2. The van der Waals surface area contributed by atoms with Crippen LogP contribution in [0.3, 0.4) is 0 Å². The lowest BCUT2D eigenvalue weighted by Gasteiger charge is -2.34. The number of carboxylic acid groups (broad SMARTS) is 1. The SMILES string of the molecule is CCC(CC)N(CC(C)C)c1c(C(=O)O)c(C)nn1C. The highest BCUT2D eigenvalue weighted by atomic mass is 16.4. The van der Waals surface area contributed by atoms with E-state index in [0.29, 0.717) is 23.2 Å². The van der Waals surface area contributed by atoms with E-state index < -0.39 is 5.97 Å². The molecular weight excluding hydrogens is 254 g/mol. The molecule has 0 amide bonds. The van der Waals surface area contributed by atoms with E-state index in [1.165, 1.54) is 0 Å². The van der Waals surface area contributed by atoms with Crippen LogP contribution in [-0.4, -0.2) is 33.4 Å². The average Bonchev–Trinajstić information content (AvgIpc) is 2.63. The highest BCUT2D eigenvalue weighted by Gasteiger charge is 2.28. The molecule has 0 radical (unpaired) electrons. The molecule has 1 heterocycles. The number of hydrogen-bond acceptors (Lipinski definition) is 3. The van der Waals surface area contributed by atoms with Crippen molar-refractivity contribution in [3.63, 3.8) is 0 Å². The summed E-state index contributed by atoms with van der Waals surface area (Å²) in [5.41, 5.74) is 0.912. The first-order valence-corrected chi connectivity index (χ1v) is 7.36. The Labute approximate surface area is 121 Å². The summed E-state index contributed by atoms with van der Waals surface area (Å²) in [6.45, 7) is 11.2. The summed E-state index contributed by atoms with van der Waals surface area (Å²) >= 11 is 0. The third-order valence-electron chi connectivity index (χ3n) is 3.62. The maximum absolute atomic E-state index is 11.6. The fraction of sp³-hybridized carbons (Fsp3) is 0.733. The lowest BCUT2D eigenvalue weighted by molar-refractivity contribution is 0.0696. The van der Waals surface area contributed by atoms with Gasteiger partial charge >= 0.3 is 5.97 Å². The van der Waals surface area contributed by atoms with Crippen molar-refractivity contribution < 1.29 is 9.90 Å². The minimum absolute atomic E-state index is 0.333. The van der Waals surface area contributed by atoms with Crippen molar-refractivity contribution in [2.45, 2.75) is 53.5 Å². The van der Waals surface area contributed by atoms with Crippen molar-refractivity contribution in [3.05, 3.63) is 11.3 Å². The highest BCUT2D eigenvalue weighted by molar-refractivity contribution is 5.95. The van der Waals surface area contributed by atoms with E-state index in [9.17, 15) is 9.90 Å². The minimum Gasteiger partial charge on any atom is -0.477 e. The molecule has 0 aromatic carbocycles. The Balaban J connectivity index is 3.36. The second kappa shape index (κ2) is 6.77.